The van der Waals surface area contributed by atoms with Crippen molar-refractivity contribution in [3.05, 3.63) is 39.4 Å². The zero-order valence-corrected chi connectivity index (χ0v) is 15.9. The number of alkyl halides is 1. The summed E-state index contributed by atoms with van der Waals surface area (Å²) in [6.45, 7) is 1.60. The van der Waals surface area contributed by atoms with Gasteiger partial charge in [-0.1, -0.05) is 41.8 Å². The predicted molar refractivity (Wildman–Crippen MR) is 98.7 cm³/mol. The number of nitro benzene ring substituents is 1. The number of nitro groups is 1. The molecule has 1 rings (SSSR count). The second-order valence-electron chi connectivity index (χ2n) is 5.59. The van der Waals surface area contributed by atoms with Crippen LogP contribution in [0.5, 0.6) is 0 Å². The first-order valence-corrected chi connectivity index (χ1v) is 9.12. The molecule has 10 heteroatoms. The van der Waals surface area contributed by atoms with Crippen LogP contribution >= 0.6 is 15.9 Å². The summed E-state index contributed by atoms with van der Waals surface area (Å²) in [5.74, 6) is -1.83. The van der Waals surface area contributed by atoms with Crippen LogP contribution in [0.3, 0.4) is 0 Å². The predicted octanol–water partition coefficient (Wildman–Crippen LogP) is 1.38. The maximum Gasteiger partial charge on any atom is 0.274 e. The summed E-state index contributed by atoms with van der Waals surface area (Å²) in [5.41, 5.74) is 5.33. The van der Waals surface area contributed by atoms with Gasteiger partial charge in [0.2, 0.25) is 11.8 Å². The molecule has 1 aromatic rings. The van der Waals surface area contributed by atoms with Crippen LogP contribution in [0, 0.1) is 10.1 Å². The number of benzene rings is 1. The zero-order chi connectivity index (χ0) is 19.7. The van der Waals surface area contributed by atoms with Crippen molar-refractivity contribution in [3.63, 3.8) is 0 Å². The number of halogens is 1. The summed E-state index contributed by atoms with van der Waals surface area (Å²) in [7, 11) is 0. The first-order valence-electron chi connectivity index (χ1n) is 8.00. The highest BCUT2D eigenvalue weighted by atomic mass is 79.9. The van der Waals surface area contributed by atoms with E-state index >= 15 is 0 Å². The number of hydrogen-bond donors (Lipinski definition) is 3. The van der Waals surface area contributed by atoms with E-state index in [1.54, 1.807) is 0 Å². The number of amides is 3. The van der Waals surface area contributed by atoms with Gasteiger partial charge in [0.15, 0.2) is 0 Å². The number of unbranched alkanes of at least 4 members (excludes halogenated alkanes) is 1. The molecule has 0 spiro atoms. The molecule has 0 fully saturated rings. The highest BCUT2D eigenvalue weighted by Gasteiger charge is 2.23. The molecule has 1 atom stereocenters. The third-order valence-corrected chi connectivity index (χ3v) is 4.20. The van der Waals surface area contributed by atoms with Crippen molar-refractivity contribution in [1.29, 1.82) is 0 Å². The topological polar surface area (TPSA) is 144 Å². The third-order valence-electron chi connectivity index (χ3n) is 3.59. The maximum atomic E-state index is 12.4. The van der Waals surface area contributed by atoms with Crippen molar-refractivity contribution in [2.24, 2.45) is 5.73 Å². The van der Waals surface area contributed by atoms with Crippen LogP contribution in [-0.2, 0) is 14.9 Å². The van der Waals surface area contributed by atoms with E-state index in [-0.39, 0.29) is 23.1 Å². The van der Waals surface area contributed by atoms with Crippen molar-refractivity contribution in [3.8, 4) is 0 Å². The highest BCUT2D eigenvalue weighted by molar-refractivity contribution is 9.08. The average molecular weight is 429 g/mol. The number of carbonyl (C=O) groups excluding carboxylic acids is 3. The van der Waals surface area contributed by atoms with Crippen LogP contribution in [0.15, 0.2) is 18.2 Å². The lowest BCUT2D eigenvalue weighted by Gasteiger charge is -2.18. The van der Waals surface area contributed by atoms with Gasteiger partial charge in [0.25, 0.3) is 11.6 Å². The van der Waals surface area contributed by atoms with Gasteiger partial charge >= 0.3 is 0 Å². The smallest absolute Gasteiger partial charge is 0.274 e. The normalized spacial score (nSPS) is 11.5. The van der Waals surface area contributed by atoms with E-state index in [1.165, 1.54) is 18.2 Å². The molecule has 1 unspecified atom stereocenters. The van der Waals surface area contributed by atoms with Crippen LogP contribution < -0.4 is 16.4 Å². The minimum atomic E-state index is -0.864. The fraction of sp³-hybridized carbons (Fsp3) is 0.438. The first-order chi connectivity index (χ1) is 12.3. The molecule has 142 valence electrons. The van der Waals surface area contributed by atoms with Gasteiger partial charge in [-0.3, -0.25) is 24.5 Å². The highest BCUT2D eigenvalue weighted by Crippen LogP contribution is 2.22. The molecule has 0 aliphatic rings. The number of primary amides is 1. The number of nitrogens with one attached hydrogen (secondary N) is 2. The summed E-state index contributed by atoms with van der Waals surface area (Å²) >= 11 is 3.16. The van der Waals surface area contributed by atoms with E-state index in [4.69, 9.17) is 5.73 Å². The SMILES string of the molecule is CCCCC(NC(=O)c1ccc(CBr)c([N+](=O)[O-])c1)C(=O)NCC(N)=O. The van der Waals surface area contributed by atoms with Gasteiger partial charge in [0.1, 0.15) is 6.04 Å². The molecular weight excluding hydrogens is 408 g/mol. The quantitative estimate of drug-likeness (QED) is 0.292. The van der Waals surface area contributed by atoms with E-state index in [0.717, 1.165) is 6.42 Å². The monoisotopic (exact) mass is 428 g/mol. The summed E-state index contributed by atoms with van der Waals surface area (Å²) in [6.07, 6.45) is 1.85. The molecule has 0 aromatic heterocycles. The average Bonchev–Trinajstić information content (AvgIpc) is 2.62. The van der Waals surface area contributed by atoms with Crippen LogP contribution in [0.1, 0.15) is 42.1 Å². The molecule has 26 heavy (non-hydrogen) atoms. The standard InChI is InChI=1S/C16H21BrN4O5/c1-2-3-4-12(16(24)19-9-14(18)22)20-15(23)10-5-6-11(8-17)13(7-10)21(25)26/h5-7,12H,2-4,8-9H2,1H3,(H2,18,22)(H,19,24)(H,20,23). The Morgan fingerprint density at radius 2 is 2.04 bits per heavy atom. The lowest BCUT2D eigenvalue weighted by molar-refractivity contribution is -0.385. The Morgan fingerprint density at radius 1 is 1.35 bits per heavy atom. The van der Waals surface area contributed by atoms with Gasteiger partial charge in [-0.05, 0) is 12.5 Å². The summed E-state index contributed by atoms with van der Waals surface area (Å²) in [4.78, 5) is 45.9. The lowest BCUT2D eigenvalue weighted by atomic mass is 10.1. The summed E-state index contributed by atoms with van der Waals surface area (Å²) < 4.78 is 0. The van der Waals surface area contributed by atoms with Gasteiger partial charge in [0, 0.05) is 22.5 Å². The van der Waals surface area contributed by atoms with E-state index < -0.39 is 28.7 Å². The molecule has 4 N–H and O–H groups in total. The number of carbonyl (C=O) groups is 3. The van der Waals surface area contributed by atoms with Gasteiger partial charge in [-0.25, -0.2) is 0 Å². The molecule has 0 saturated carbocycles. The molecular formula is C16H21BrN4O5. The van der Waals surface area contributed by atoms with E-state index in [2.05, 4.69) is 26.6 Å². The van der Waals surface area contributed by atoms with Crippen molar-refractivity contribution in [1.82, 2.24) is 10.6 Å². The number of rotatable bonds is 10. The minimum absolute atomic E-state index is 0.0746. The van der Waals surface area contributed by atoms with Crippen molar-refractivity contribution in [2.45, 2.75) is 37.6 Å². The van der Waals surface area contributed by atoms with Gasteiger partial charge in [-0.2, -0.15) is 0 Å². The zero-order valence-electron chi connectivity index (χ0n) is 14.3. The molecule has 1 aromatic carbocycles. The Bertz CT molecular complexity index is 695. The summed E-state index contributed by atoms with van der Waals surface area (Å²) in [6, 6.07) is 3.24. The fourth-order valence-electron chi connectivity index (χ4n) is 2.20. The Labute approximate surface area is 159 Å². The molecule has 9 nitrogen and oxygen atoms in total. The summed E-state index contributed by atoms with van der Waals surface area (Å²) in [5, 5.41) is 16.3. The minimum Gasteiger partial charge on any atom is -0.368 e. The van der Waals surface area contributed by atoms with Crippen molar-refractivity contribution < 1.29 is 19.3 Å². The Balaban J connectivity index is 2.94. The molecule has 3 amide bonds. The number of nitrogens with zero attached hydrogens (tertiary/aromatic N) is 1. The van der Waals surface area contributed by atoms with Crippen LogP contribution in [-0.4, -0.2) is 35.2 Å². The maximum absolute atomic E-state index is 12.4. The molecule has 0 saturated heterocycles. The van der Waals surface area contributed by atoms with E-state index in [0.29, 0.717) is 18.4 Å². The van der Waals surface area contributed by atoms with E-state index in [1.807, 2.05) is 6.92 Å². The number of hydrogen-bond acceptors (Lipinski definition) is 5. The second-order valence-corrected chi connectivity index (χ2v) is 6.15. The third kappa shape index (κ3) is 6.43. The van der Waals surface area contributed by atoms with Gasteiger partial charge < -0.3 is 16.4 Å². The van der Waals surface area contributed by atoms with Crippen molar-refractivity contribution in [2.75, 3.05) is 6.54 Å². The molecule has 0 aliphatic heterocycles. The Hall–Kier alpha value is -2.49. The number of nitrogens with two attached hydrogens (primary N) is 1. The molecule has 0 aliphatic carbocycles. The van der Waals surface area contributed by atoms with Crippen LogP contribution in [0.2, 0.25) is 0 Å². The van der Waals surface area contributed by atoms with Crippen LogP contribution in [0.25, 0.3) is 0 Å². The van der Waals surface area contributed by atoms with Crippen LogP contribution in [0.4, 0.5) is 5.69 Å². The fourth-order valence-corrected chi connectivity index (χ4v) is 2.68. The molecule has 0 heterocycles. The van der Waals surface area contributed by atoms with Crippen molar-refractivity contribution >= 4 is 39.3 Å². The lowest BCUT2D eigenvalue weighted by Crippen LogP contribution is -2.48. The molecule has 0 bridgehead atoms. The van der Waals surface area contributed by atoms with E-state index in [9.17, 15) is 24.5 Å². The Morgan fingerprint density at radius 3 is 2.58 bits per heavy atom. The second kappa shape index (κ2) is 10.5. The molecule has 0 radical (unpaired) electrons. The Kier molecular flexibility index (Phi) is 8.70. The van der Waals surface area contributed by atoms with Gasteiger partial charge in [0.05, 0.1) is 11.5 Å². The van der Waals surface area contributed by atoms with Gasteiger partial charge in [-0.15, -0.1) is 0 Å². The largest absolute Gasteiger partial charge is 0.368 e. The first kappa shape index (κ1) is 21.6.